The van der Waals surface area contributed by atoms with Crippen molar-refractivity contribution in [2.24, 2.45) is 0 Å². The summed E-state index contributed by atoms with van der Waals surface area (Å²) in [6.45, 7) is 5.54. The summed E-state index contributed by atoms with van der Waals surface area (Å²) in [5.41, 5.74) is 0. The van der Waals surface area contributed by atoms with Crippen molar-refractivity contribution >= 4 is 37.2 Å². The Kier molecular flexibility index (Phi) is 40.7. The molecule has 0 radical (unpaired) electrons. The molecule has 0 atom stereocenters. The Labute approximate surface area is 231 Å². The largest absolute Gasteiger partial charge is 0.463 e. The third-order valence-corrected chi connectivity index (χ3v) is 3.72. The molecule has 0 bridgehead atoms. The van der Waals surface area contributed by atoms with Crippen molar-refractivity contribution in [2.75, 3.05) is 117 Å². The zero-order chi connectivity index (χ0) is 25.5. The first-order valence-electron chi connectivity index (χ1n) is 10.8. The standard InChI is InChI=1S/2C10H20O6S.Zn/c2*11-1-2-13-3-4-14-5-6-15-7-8-16-10(12)9-17;/h2*11,17H,1-9H2;. The minimum absolute atomic E-state index is 0. The maximum absolute atomic E-state index is 10.7. The van der Waals surface area contributed by atoms with E-state index in [9.17, 15) is 9.59 Å². The van der Waals surface area contributed by atoms with Gasteiger partial charge in [0.05, 0.1) is 104 Å². The fourth-order valence-electron chi connectivity index (χ4n) is 1.73. The van der Waals surface area contributed by atoms with Crippen molar-refractivity contribution in [1.82, 2.24) is 0 Å². The molecule has 0 amide bonds. The second kappa shape index (κ2) is 36.1. The first-order chi connectivity index (χ1) is 16.6. The Balaban J connectivity index is -0.000000569. The van der Waals surface area contributed by atoms with Gasteiger partial charge in [-0.15, -0.1) is 0 Å². The van der Waals surface area contributed by atoms with Gasteiger partial charge in [0.1, 0.15) is 13.2 Å². The molecule has 0 aromatic heterocycles. The summed E-state index contributed by atoms with van der Waals surface area (Å²) in [5, 5.41) is 16.8. The molecule has 0 aliphatic carbocycles. The Morgan fingerprint density at radius 3 is 0.914 bits per heavy atom. The quantitative estimate of drug-likeness (QED) is 0.0465. The molecule has 15 heteroatoms. The molecule has 0 heterocycles. The Morgan fingerprint density at radius 2 is 0.686 bits per heavy atom. The van der Waals surface area contributed by atoms with E-state index in [0.29, 0.717) is 79.3 Å². The smallest absolute Gasteiger partial charge is 0.315 e. The summed E-state index contributed by atoms with van der Waals surface area (Å²) >= 11 is 7.52. The Hall–Kier alpha value is -0.0566. The van der Waals surface area contributed by atoms with Gasteiger partial charge in [0.25, 0.3) is 0 Å². The fourth-order valence-corrected chi connectivity index (χ4v) is 1.92. The number of aliphatic hydroxyl groups is 2. The van der Waals surface area contributed by atoms with E-state index in [1.807, 2.05) is 0 Å². The van der Waals surface area contributed by atoms with E-state index in [0.717, 1.165) is 0 Å². The monoisotopic (exact) mass is 600 g/mol. The molecule has 0 spiro atoms. The third-order valence-electron chi connectivity index (χ3n) is 3.20. The van der Waals surface area contributed by atoms with Gasteiger partial charge in [-0.25, -0.2) is 0 Å². The minimum Gasteiger partial charge on any atom is -0.463 e. The molecule has 35 heavy (non-hydrogen) atoms. The number of esters is 2. The second-order valence-electron chi connectivity index (χ2n) is 5.88. The van der Waals surface area contributed by atoms with Crippen LogP contribution in [0.3, 0.4) is 0 Å². The number of aliphatic hydroxyl groups excluding tert-OH is 2. The summed E-state index contributed by atoms with van der Waals surface area (Å²) in [4.78, 5) is 21.3. The normalized spacial score (nSPS) is 10.2. The number of ether oxygens (including phenoxy) is 8. The van der Waals surface area contributed by atoms with Gasteiger partial charge in [0, 0.05) is 19.5 Å². The van der Waals surface area contributed by atoms with Gasteiger partial charge in [-0.3, -0.25) is 9.59 Å². The number of carbonyl (C=O) groups excluding carboxylic acids is 2. The fraction of sp³-hybridized carbons (Fsp3) is 0.900. The first kappa shape index (κ1) is 39.5. The topological polar surface area (TPSA) is 148 Å². The molecule has 12 nitrogen and oxygen atoms in total. The maximum atomic E-state index is 10.7. The van der Waals surface area contributed by atoms with E-state index >= 15 is 0 Å². The molecular weight excluding hydrogens is 562 g/mol. The van der Waals surface area contributed by atoms with Gasteiger partial charge >= 0.3 is 11.9 Å². The van der Waals surface area contributed by atoms with Crippen LogP contribution in [0.4, 0.5) is 0 Å². The summed E-state index contributed by atoms with van der Waals surface area (Å²) in [5.74, 6) is -0.545. The molecule has 0 saturated carbocycles. The zero-order valence-corrected chi connectivity index (χ0v) is 25.1. The van der Waals surface area contributed by atoms with Crippen LogP contribution in [0.25, 0.3) is 0 Å². The van der Waals surface area contributed by atoms with Crippen molar-refractivity contribution < 1.29 is 77.2 Å². The molecule has 0 aromatic carbocycles. The van der Waals surface area contributed by atoms with Crippen LogP contribution in [0.2, 0.25) is 0 Å². The molecule has 0 aliphatic rings. The molecule has 0 aromatic rings. The van der Waals surface area contributed by atoms with Gasteiger partial charge in [0.2, 0.25) is 0 Å². The number of hydrogen-bond acceptors (Lipinski definition) is 14. The molecule has 0 saturated heterocycles. The minimum atomic E-state index is -0.353. The van der Waals surface area contributed by atoms with E-state index < -0.39 is 0 Å². The second-order valence-corrected chi connectivity index (χ2v) is 6.51. The van der Waals surface area contributed by atoms with E-state index in [1.54, 1.807) is 0 Å². The van der Waals surface area contributed by atoms with E-state index in [2.05, 4.69) is 25.3 Å². The molecule has 0 aliphatic heterocycles. The maximum Gasteiger partial charge on any atom is 0.315 e. The number of carbonyl (C=O) groups is 2. The van der Waals surface area contributed by atoms with Crippen LogP contribution in [0, 0.1) is 0 Å². The summed E-state index contributed by atoms with van der Waals surface area (Å²) in [6.07, 6.45) is 0. The van der Waals surface area contributed by atoms with Crippen LogP contribution in [-0.2, 0) is 67.0 Å². The van der Waals surface area contributed by atoms with Gasteiger partial charge in [0.15, 0.2) is 0 Å². The van der Waals surface area contributed by atoms with Crippen LogP contribution in [0.1, 0.15) is 0 Å². The number of rotatable bonds is 24. The third kappa shape index (κ3) is 38.6. The summed E-state index contributed by atoms with van der Waals surface area (Å²) in [6, 6.07) is 0. The molecule has 2 N–H and O–H groups in total. The average Bonchev–Trinajstić information content (AvgIpc) is 2.85. The average molecular weight is 602 g/mol. The van der Waals surface area contributed by atoms with Gasteiger partial charge < -0.3 is 48.1 Å². The SMILES string of the molecule is O=C(CS)OCCOCCOCCOCCO.O=C(CS)OCCOCCOCCOCCO.[Zn]. The van der Waals surface area contributed by atoms with Crippen LogP contribution in [-0.4, -0.2) is 139 Å². The van der Waals surface area contributed by atoms with Gasteiger partial charge in [-0.1, -0.05) is 0 Å². The first-order valence-corrected chi connectivity index (χ1v) is 12.1. The van der Waals surface area contributed by atoms with Crippen molar-refractivity contribution in [3.8, 4) is 0 Å². The van der Waals surface area contributed by atoms with E-state index in [4.69, 9.17) is 48.1 Å². The summed E-state index contributed by atoms with van der Waals surface area (Å²) in [7, 11) is 0. The molecular formula is C20H40O12S2Zn. The molecule has 0 fully saturated rings. The molecule has 206 valence electrons. The summed E-state index contributed by atoms with van der Waals surface area (Å²) < 4.78 is 40.1. The van der Waals surface area contributed by atoms with Crippen LogP contribution < -0.4 is 0 Å². The number of thiol groups is 2. The van der Waals surface area contributed by atoms with Crippen LogP contribution in [0.5, 0.6) is 0 Å². The van der Waals surface area contributed by atoms with Crippen molar-refractivity contribution in [3.05, 3.63) is 0 Å². The Bertz CT molecular complexity index is 401. The number of hydrogen-bond donors (Lipinski definition) is 4. The zero-order valence-electron chi connectivity index (χ0n) is 20.3. The van der Waals surface area contributed by atoms with Crippen molar-refractivity contribution in [2.45, 2.75) is 0 Å². The van der Waals surface area contributed by atoms with Gasteiger partial charge in [-0.2, -0.15) is 25.3 Å². The van der Waals surface area contributed by atoms with E-state index in [1.165, 1.54) is 0 Å². The van der Waals surface area contributed by atoms with Crippen LogP contribution in [0.15, 0.2) is 0 Å². The predicted molar refractivity (Wildman–Crippen MR) is 129 cm³/mol. The Morgan fingerprint density at radius 1 is 0.457 bits per heavy atom. The molecule has 0 rings (SSSR count). The van der Waals surface area contributed by atoms with Gasteiger partial charge in [-0.05, 0) is 0 Å². The molecule has 0 unspecified atom stereocenters. The van der Waals surface area contributed by atoms with Crippen molar-refractivity contribution in [3.63, 3.8) is 0 Å². The predicted octanol–water partition coefficient (Wildman–Crippen LogP) is -0.999. The van der Waals surface area contributed by atoms with E-state index in [-0.39, 0.29) is 69.3 Å². The van der Waals surface area contributed by atoms with Crippen molar-refractivity contribution in [1.29, 1.82) is 0 Å². The van der Waals surface area contributed by atoms with Crippen LogP contribution >= 0.6 is 25.3 Å².